The first-order chi connectivity index (χ1) is 12.6. The first-order valence-corrected chi connectivity index (χ1v) is 8.66. The molecule has 1 aromatic carbocycles. The Morgan fingerprint density at radius 3 is 2.92 bits per heavy atom. The highest BCUT2D eigenvalue weighted by molar-refractivity contribution is 5.99. The van der Waals surface area contributed by atoms with Gasteiger partial charge in [-0.25, -0.2) is 0 Å². The summed E-state index contributed by atoms with van der Waals surface area (Å²) in [6.07, 6.45) is 0.418. The molecular formula is C19H21NO6. The molecule has 0 spiro atoms. The number of nitrogens with zero attached hydrogens (tertiary/aromatic N) is 1. The molecule has 7 heteroatoms. The van der Waals surface area contributed by atoms with Crippen molar-refractivity contribution in [3.63, 3.8) is 0 Å². The lowest BCUT2D eigenvalue weighted by Crippen LogP contribution is -2.45. The highest BCUT2D eigenvalue weighted by atomic mass is 16.5. The van der Waals surface area contributed by atoms with Crippen LogP contribution in [0, 0.1) is 11.3 Å². The van der Waals surface area contributed by atoms with E-state index in [-0.39, 0.29) is 30.7 Å². The van der Waals surface area contributed by atoms with Crippen LogP contribution in [0.3, 0.4) is 0 Å². The summed E-state index contributed by atoms with van der Waals surface area (Å²) in [4.78, 5) is 26.7. The number of amides is 1. The number of aliphatic carboxylic acids is 1. The molecule has 138 valence electrons. The number of benzene rings is 1. The Balaban J connectivity index is 1.69. The van der Waals surface area contributed by atoms with Gasteiger partial charge in [-0.3, -0.25) is 9.59 Å². The summed E-state index contributed by atoms with van der Waals surface area (Å²) in [5.41, 5.74) is 0.390. The van der Waals surface area contributed by atoms with E-state index in [2.05, 4.69) is 0 Å². The molecule has 3 heterocycles. The van der Waals surface area contributed by atoms with Gasteiger partial charge in [-0.15, -0.1) is 0 Å². The van der Waals surface area contributed by atoms with E-state index >= 15 is 0 Å². The summed E-state index contributed by atoms with van der Waals surface area (Å²) in [6.45, 7) is 1.56. The normalized spacial score (nSPS) is 25.4. The maximum atomic E-state index is 13.2. The average molecular weight is 359 g/mol. The van der Waals surface area contributed by atoms with Crippen molar-refractivity contribution in [3.05, 3.63) is 35.6 Å². The van der Waals surface area contributed by atoms with Crippen LogP contribution in [0.2, 0.25) is 0 Å². The van der Waals surface area contributed by atoms with E-state index in [0.29, 0.717) is 37.3 Å². The van der Waals surface area contributed by atoms with Gasteiger partial charge in [0, 0.05) is 43.7 Å². The Morgan fingerprint density at radius 1 is 1.38 bits per heavy atom. The molecule has 0 saturated carbocycles. The average Bonchev–Trinajstić information content (AvgIpc) is 3.21. The number of hydrogen-bond acceptors (Lipinski definition) is 5. The van der Waals surface area contributed by atoms with Gasteiger partial charge in [0.1, 0.15) is 5.58 Å². The fraction of sp³-hybridized carbons (Fsp3) is 0.474. The first-order valence-electron chi connectivity index (χ1n) is 8.66. The second-order valence-corrected chi connectivity index (χ2v) is 7.01. The molecule has 7 nitrogen and oxygen atoms in total. The SMILES string of the molecule is COCc1c(C(=O)N2C[C@H]3COCC[C@@]3(C(=O)O)C2)oc2ccccc12. The quantitative estimate of drug-likeness (QED) is 0.900. The Hall–Kier alpha value is -2.38. The van der Waals surface area contributed by atoms with Crippen molar-refractivity contribution >= 4 is 22.8 Å². The minimum absolute atomic E-state index is 0.179. The molecule has 2 atom stereocenters. The molecule has 0 bridgehead atoms. The van der Waals surface area contributed by atoms with Crippen molar-refractivity contribution in [3.8, 4) is 0 Å². The highest BCUT2D eigenvalue weighted by Gasteiger charge is 2.55. The van der Waals surface area contributed by atoms with E-state index in [0.717, 1.165) is 5.39 Å². The predicted molar refractivity (Wildman–Crippen MR) is 91.8 cm³/mol. The predicted octanol–water partition coefficient (Wildman–Crippen LogP) is 2.14. The van der Waals surface area contributed by atoms with Crippen LogP contribution in [0.4, 0.5) is 0 Å². The van der Waals surface area contributed by atoms with Crippen LogP contribution in [-0.4, -0.2) is 55.3 Å². The third kappa shape index (κ3) is 2.50. The number of carbonyl (C=O) groups excluding carboxylic acids is 1. The molecule has 2 fully saturated rings. The lowest BCUT2D eigenvalue weighted by atomic mass is 9.74. The number of para-hydroxylation sites is 1. The summed E-state index contributed by atoms with van der Waals surface area (Å²) < 4.78 is 16.5. The van der Waals surface area contributed by atoms with Gasteiger partial charge in [-0.2, -0.15) is 0 Å². The maximum absolute atomic E-state index is 13.2. The van der Waals surface area contributed by atoms with Crippen molar-refractivity contribution in [2.75, 3.05) is 33.4 Å². The summed E-state index contributed by atoms with van der Waals surface area (Å²) >= 11 is 0. The Morgan fingerprint density at radius 2 is 2.19 bits per heavy atom. The van der Waals surface area contributed by atoms with E-state index < -0.39 is 11.4 Å². The number of hydrogen-bond donors (Lipinski definition) is 1. The van der Waals surface area contributed by atoms with Crippen LogP contribution in [0.1, 0.15) is 22.5 Å². The second kappa shape index (κ2) is 6.41. The number of rotatable bonds is 4. The molecular weight excluding hydrogens is 338 g/mol. The molecule has 2 aromatic rings. The molecule has 1 N–H and O–H groups in total. The third-order valence-corrected chi connectivity index (χ3v) is 5.60. The number of carbonyl (C=O) groups is 2. The van der Waals surface area contributed by atoms with Crippen LogP contribution < -0.4 is 0 Å². The van der Waals surface area contributed by atoms with E-state index in [1.807, 2.05) is 24.3 Å². The summed E-state index contributed by atoms with van der Waals surface area (Å²) in [5, 5.41) is 10.6. The molecule has 0 aliphatic carbocycles. The zero-order chi connectivity index (χ0) is 18.3. The van der Waals surface area contributed by atoms with Gasteiger partial charge in [0.15, 0.2) is 5.76 Å². The fourth-order valence-electron chi connectivity index (χ4n) is 4.16. The zero-order valence-electron chi connectivity index (χ0n) is 14.6. The van der Waals surface area contributed by atoms with Crippen molar-refractivity contribution < 1.29 is 28.6 Å². The Bertz CT molecular complexity index is 859. The molecule has 1 aromatic heterocycles. The van der Waals surface area contributed by atoms with Gasteiger partial charge < -0.3 is 23.9 Å². The summed E-state index contributed by atoms with van der Waals surface area (Å²) in [5.74, 6) is -1.12. The number of ether oxygens (including phenoxy) is 2. The smallest absolute Gasteiger partial charge is 0.311 e. The number of carboxylic acids is 1. The van der Waals surface area contributed by atoms with Gasteiger partial charge >= 0.3 is 5.97 Å². The van der Waals surface area contributed by atoms with E-state index in [1.165, 1.54) is 0 Å². The minimum atomic E-state index is -0.929. The number of fused-ring (bicyclic) bond motifs is 2. The Kier molecular flexibility index (Phi) is 4.20. The number of furan rings is 1. The largest absolute Gasteiger partial charge is 0.481 e. The first kappa shape index (κ1) is 17.1. The van der Waals surface area contributed by atoms with E-state index in [1.54, 1.807) is 12.0 Å². The molecule has 2 aliphatic heterocycles. The molecule has 2 aliphatic rings. The lowest BCUT2D eigenvalue weighted by Gasteiger charge is -2.33. The van der Waals surface area contributed by atoms with Crippen LogP contribution in [0.25, 0.3) is 11.0 Å². The van der Waals surface area contributed by atoms with E-state index in [9.17, 15) is 14.7 Å². The number of likely N-dealkylation sites (tertiary alicyclic amines) is 1. The van der Waals surface area contributed by atoms with Crippen molar-refractivity contribution in [1.82, 2.24) is 4.90 Å². The Labute approximate surface area is 150 Å². The third-order valence-electron chi connectivity index (χ3n) is 5.60. The van der Waals surface area contributed by atoms with Gasteiger partial charge in [-0.05, 0) is 12.5 Å². The maximum Gasteiger partial charge on any atom is 0.311 e. The molecule has 0 radical (unpaired) electrons. The molecule has 4 rings (SSSR count). The van der Waals surface area contributed by atoms with Crippen molar-refractivity contribution in [1.29, 1.82) is 0 Å². The summed E-state index contributed by atoms with van der Waals surface area (Å²) in [6, 6.07) is 7.42. The van der Waals surface area contributed by atoms with Crippen molar-refractivity contribution in [2.45, 2.75) is 13.0 Å². The molecule has 26 heavy (non-hydrogen) atoms. The lowest BCUT2D eigenvalue weighted by molar-refractivity contribution is -0.157. The van der Waals surface area contributed by atoms with Gasteiger partial charge in [0.2, 0.25) is 0 Å². The van der Waals surface area contributed by atoms with Crippen molar-refractivity contribution in [2.24, 2.45) is 11.3 Å². The minimum Gasteiger partial charge on any atom is -0.481 e. The van der Waals surface area contributed by atoms with Crippen LogP contribution in [0.15, 0.2) is 28.7 Å². The summed E-state index contributed by atoms with van der Waals surface area (Å²) in [7, 11) is 1.57. The van der Waals surface area contributed by atoms with Crippen LogP contribution in [-0.2, 0) is 20.9 Å². The van der Waals surface area contributed by atoms with Gasteiger partial charge in [0.05, 0.1) is 18.6 Å². The topological polar surface area (TPSA) is 89.2 Å². The monoisotopic (exact) mass is 359 g/mol. The van der Waals surface area contributed by atoms with Crippen LogP contribution in [0.5, 0.6) is 0 Å². The molecule has 2 saturated heterocycles. The number of methoxy groups -OCH3 is 1. The van der Waals surface area contributed by atoms with E-state index in [4.69, 9.17) is 13.9 Å². The zero-order valence-corrected chi connectivity index (χ0v) is 14.6. The van der Waals surface area contributed by atoms with Gasteiger partial charge in [-0.1, -0.05) is 18.2 Å². The molecule has 1 amide bonds. The molecule has 0 unspecified atom stereocenters. The second-order valence-electron chi connectivity index (χ2n) is 7.01. The highest BCUT2D eigenvalue weighted by Crippen LogP contribution is 2.43. The fourth-order valence-corrected chi connectivity index (χ4v) is 4.16. The number of carboxylic acid groups (broad SMARTS) is 1. The van der Waals surface area contributed by atoms with Crippen LogP contribution >= 0.6 is 0 Å². The standard InChI is InChI=1S/C19H21NO6/c1-24-10-14-13-4-2-3-5-15(13)26-16(14)17(21)20-8-12-9-25-7-6-19(12,11-20)18(22)23/h2-5,12H,6-11H2,1H3,(H,22,23)/t12-,19+/m0/s1. The van der Waals surface area contributed by atoms with Gasteiger partial charge in [0.25, 0.3) is 5.91 Å².